The quantitative estimate of drug-likeness (QED) is 0.681. The van der Waals surface area contributed by atoms with Crippen molar-refractivity contribution in [2.45, 2.75) is 104 Å². The van der Waals surface area contributed by atoms with E-state index in [-0.39, 0.29) is 0 Å². The molecule has 0 bridgehead atoms. The molecule has 1 aliphatic carbocycles. The van der Waals surface area contributed by atoms with E-state index in [2.05, 4.69) is 35.9 Å². The molecule has 4 aliphatic rings. The molecule has 1 spiro atoms. The molecular formula is C26H51N3O. The Morgan fingerprint density at radius 1 is 0.733 bits per heavy atom. The van der Waals surface area contributed by atoms with Gasteiger partial charge in [-0.1, -0.05) is 27.2 Å². The Bertz CT molecular complexity index is 439. The van der Waals surface area contributed by atoms with Crippen molar-refractivity contribution in [2.24, 2.45) is 11.3 Å². The van der Waals surface area contributed by atoms with Crippen molar-refractivity contribution in [3.63, 3.8) is 0 Å². The van der Waals surface area contributed by atoms with E-state index >= 15 is 0 Å². The number of nitrogens with one attached hydrogen (secondary N) is 1. The zero-order valence-electron chi connectivity index (χ0n) is 20.5. The molecular weight excluding hydrogens is 370 g/mol. The van der Waals surface area contributed by atoms with Gasteiger partial charge in [0.2, 0.25) is 0 Å². The van der Waals surface area contributed by atoms with Gasteiger partial charge in [-0.25, -0.2) is 0 Å². The van der Waals surface area contributed by atoms with Crippen LogP contribution >= 0.6 is 0 Å². The molecule has 0 aromatic carbocycles. The zero-order valence-corrected chi connectivity index (χ0v) is 20.5. The molecule has 0 aromatic heterocycles. The van der Waals surface area contributed by atoms with Crippen LogP contribution in [0, 0.1) is 11.3 Å². The second kappa shape index (κ2) is 12.8. The predicted octanol–water partition coefficient (Wildman–Crippen LogP) is 4.93. The number of hydrogen-bond acceptors (Lipinski definition) is 4. The van der Waals surface area contributed by atoms with Crippen molar-refractivity contribution < 1.29 is 4.74 Å². The van der Waals surface area contributed by atoms with E-state index in [4.69, 9.17) is 4.74 Å². The zero-order chi connectivity index (χ0) is 21.2. The van der Waals surface area contributed by atoms with Gasteiger partial charge in [0.25, 0.3) is 0 Å². The molecule has 0 radical (unpaired) electrons. The van der Waals surface area contributed by atoms with E-state index in [0.29, 0.717) is 17.6 Å². The Hall–Kier alpha value is -0.160. The summed E-state index contributed by atoms with van der Waals surface area (Å²) in [5, 5.41) is 3.44. The first kappa shape index (κ1) is 24.5. The first-order valence-corrected chi connectivity index (χ1v) is 13.5. The molecule has 0 amide bonds. The van der Waals surface area contributed by atoms with Gasteiger partial charge in [-0.3, -0.25) is 0 Å². The Kier molecular flexibility index (Phi) is 10.4. The second-order valence-electron chi connectivity index (χ2n) is 10.7. The minimum atomic E-state index is 0.533. The molecule has 0 aromatic rings. The van der Waals surface area contributed by atoms with Crippen LogP contribution < -0.4 is 5.32 Å². The summed E-state index contributed by atoms with van der Waals surface area (Å²) in [5.41, 5.74) is 0.697. The summed E-state index contributed by atoms with van der Waals surface area (Å²) in [6, 6.07) is 0. The van der Waals surface area contributed by atoms with Crippen molar-refractivity contribution in [3.05, 3.63) is 0 Å². The number of ether oxygens (including phenoxy) is 1. The lowest BCUT2D eigenvalue weighted by Crippen LogP contribution is -2.47. The molecule has 30 heavy (non-hydrogen) atoms. The number of rotatable bonds is 5. The molecule has 4 nitrogen and oxygen atoms in total. The largest absolute Gasteiger partial charge is 0.375 e. The standard InChI is InChI=1S/C23H43N3O.C3H8/c1-2-25-15-9-23(10-16-25)11-17-26(18-12-23)19-20-3-5-21(6-4-20)27-22-7-13-24-14-8-22;1-3-2/h20-22,24H,2-19H2,1H3;3H2,1-2H3. The normalized spacial score (nSPS) is 31.3. The number of piperidine rings is 3. The first-order chi connectivity index (χ1) is 14.7. The summed E-state index contributed by atoms with van der Waals surface area (Å²) < 4.78 is 6.41. The van der Waals surface area contributed by atoms with Crippen LogP contribution in [0.3, 0.4) is 0 Å². The molecule has 1 saturated carbocycles. The fourth-order valence-electron chi connectivity index (χ4n) is 6.07. The van der Waals surface area contributed by atoms with Crippen LogP contribution in [0.4, 0.5) is 0 Å². The molecule has 4 heteroatoms. The second-order valence-corrected chi connectivity index (χ2v) is 10.7. The van der Waals surface area contributed by atoms with E-state index in [0.717, 1.165) is 19.0 Å². The molecule has 3 aliphatic heterocycles. The molecule has 3 saturated heterocycles. The van der Waals surface area contributed by atoms with E-state index in [9.17, 15) is 0 Å². The lowest BCUT2D eigenvalue weighted by molar-refractivity contribution is -0.0510. The van der Waals surface area contributed by atoms with Crippen LogP contribution in [0.5, 0.6) is 0 Å². The summed E-state index contributed by atoms with van der Waals surface area (Å²) in [4.78, 5) is 5.44. The summed E-state index contributed by atoms with van der Waals surface area (Å²) in [5.74, 6) is 0.925. The van der Waals surface area contributed by atoms with Crippen LogP contribution in [0.25, 0.3) is 0 Å². The Morgan fingerprint density at radius 3 is 1.77 bits per heavy atom. The monoisotopic (exact) mass is 421 g/mol. The molecule has 4 rings (SSSR count). The van der Waals surface area contributed by atoms with E-state index in [1.807, 2.05) is 0 Å². The maximum Gasteiger partial charge on any atom is 0.0603 e. The van der Waals surface area contributed by atoms with Crippen molar-refractivity contribution >= 4 is 0 Å². The lowest BCUT2D eigenvalue weighted by atomic mass is 9.71. The maximum absolute atomic E-state index is 6.41. The van der Waals surface area contributed by atoms with Crippen molar-refractivity contribution in [2.75, 3.05) is 52.4 Å². The highest BCUT2D eigenvalue weighted by Gasteiger charge is 2.37. The van der Waals surface area contributed by atoms with Crippen LogP contribution in [-0.4, -0.2) is 74.4 Å². The van der Waals surface area contributed by atoms with Gasteiger partial charge in [-0.2, -0.15) is 0 Å². The summed E-state index contributed by atoms with van der Waals surface area (Å²) in [7, 11) is 0. The smallest absolute Gasteiger partial charge is 0.0603 e. The Balaban J connectivity index is 0.000000806. The van der Waals surface area contributed by atoms with Gasteiger partial charge in [0, 0.05) is 6.54 Å². The van der Waals surface area contributed by atoms with E-state index in [1.165, 1.54) is 110 Å². The van der Waals surface area contributed by atoms with Crippen molar-refractivity contribution in [1.82, 2.24) is 15.1 Å². The van der Waals surface area contributed by atoms with E-state index in [1.54, 1.807) is 0 Å². The molecule has 0 atom stereocenters. The highest BCUT2D eigenvalue weighted by atomic mass is 16.5. The fourth-order valence-corrected chi connectivity index (χ4v) is 6.07. The average Bonchev–Trinajstić information content (AvgIpc) is 2.79. The predicted molar refractivity (Wildman–Crippen MR) is 128 cm³/mol. The van der Waals surface area contributed by atoms with Gasteiger partial charge < -0.3 is 19.9 Å². The number of nitrogens with zero attached hydrogens (tertiary/aromatic N) is 2. The van der Waals surface area contributed by atoms with Crippen LogP contribution in [-0.2, 0) is 4.74 Å². The fraction of sp³-hybridized carbons (Fsp3) is 1.00. The topological polar surface area (TPSA) is 27.7 Å². The molecule has 176 valence electrons. The molecule has 0 unspecified atom stereocenters. The van der Waals surface area contributed by atoms with Crippen LogP contribution in [0.1, 0.15) is 91.4 Å². The van der Waals surface area contributed by atoms with Gasteiger partial charge in [-0.15, -0.1) is 0 Å². The summed E-state index contributed by atoms with van der Waals surface area (Å²) >= 11 is 0. The third-order valence-electron chi connectivity index (χ3n) is 8.26. The minimum absolute atomic E-state index is 0.533. The highest BCUT2D eigenvalue weighted by Crippen LogP contribution is 2.41. The first-order valence-electron chi connectivity index (χ1n) is 13.5. The van der Waals surface area contributed by atoms with Crippen molar-refractivity contribution in [1.29, 1.82) is 0 Å². The van der Waals surface area contributed by atoms with Crippen LogP contribution in [0.2, 0.25) is 0 Å². The third kappa shape index (κ3) is 7.46. The Morgan fingerprint density at radius 2 is 1.23 bits per heavy atom. The van der Waals surface area contributed by atoms with Gasteiger partial charge in [-0.05, 0) is 121 Å². The van der Waals surface area contributed by atoms with Crippen molar-refractivity contribution in [3.8, 4) is 0 Å². The third-order valence-corrected chi connectivity index (χ3v) is 8.26. The summed E-state index contributed by atoms with van der Waals surface area (Å²) in [6.45, 7) is 16.9. The maximum atomic E-state index is 6.41. The Labute approximate surface area is 187 Å². The average molecular weight is 422 g/mol. The van der Waals surface area contributed by atoms with Crippen LogP contribution in [0.15, 0.2) is 0 Å². The summed E-state index contributed by atoms with van der Waals surface area (Å²) in [6.07, 6.45) is 16.0. The lowest BCUT2D eigenvalue weighted by Gasteiger charge is -2.47. The van der Waals surface area contributed by atoms with E-state index < -0.39 is 0 Å². The number of hydrogen-bond donors (Lipinski definition) is 1. The minimum Gasteiger partial charge on any atom is -0.375 e. The van der Waals surface area contributed by atoms with Gasteiger partial charge in [0.15, 0.2) is 0 Å². The van der Waals surface area contributed by atoms with Gasteiger partial charge in [0.05, 0.1) is 12.2 Å². The van der Waals surface area contributed by atoms with Gasteiger partial charge >= 0.3 is 0 Å². The number of likely N-dealkylation sites (tertiary alicyclic amines) is 2. The molecule has 3 heterocycles. The van der Waals surface area contributed by atoms with Gasteiger partial charge in [0.1, 0.15) is 0 Å². The molecule has 4 fully saturated rings. The highest BCUT2D eigenvalue weighted by molar-refractivity contribution is 4.91. The SMILES string of the molecule is CCC.CCN1CCC2(CC1)CCN(CC1CCC(OC3CCNCC3)CC1)CC2. The molecule has 1 N–H and O–H groups in total.